The second-order valence-corrected chi connectivity index (χ2v) is 5.75. The SMILES string of the molecule is CCOC(=O)c1c(N)nsc1N(C)CC1CCCC1. The van der Waals surface area contributed by atoms with Crippen molar-refractivity contribution in [2.45, 2.75) is 32.6 Å². The molecule has 1 aromatic rings. The number of ether oxygens (including phenoxy) is 1. The molecule has 0 aromatic carbocycles. The van der Waals surface area contributed by atoms with Crippen LogP contribution >= 0.6 is 11.5 Å². The Morgan fingerprint density at radius 2 is 2.21 bits per heavy atom. The summed E-state index contributed by atoms with van der Waals surface area (Å²) in [4.78, 5) is 14.0. The fraction of sp³-hybridized carbons (Fsp3) is 0.692. The zero-order valence-electron chi connectivity index (χ0n) is 11.5. The Balaban J connectivity index is 2.12. The Morgan fingerprint density at radius 1 is 1.53 bits per heavy atom. The molecule has 19 heavy (non-hydrogen) atoms. The van der Waals surface area contributed by atoms with Crippen LogP contribution in [0.5, 0.6) is 0 Å². The molecule has 0 radical (unpaired) electrons. The average Bonchev–Trinajstić information content (AvgIpc) is 2.98. The standard InChI is InChI=1S/C13H21N3O2S/c1-3-18-13(17)10-11(14)15-19-12(10)16(2)8-9-6-4-5-7-9/h9H,3-8H2,1-2H3,(H2,14,15). The minimum atomic E-state index is -0.373. The number of hydrogen-bond donors (Lipinski definition) is 1. The summed E-state index contributed by atoms with van der Waals surface area (Å²) in [5, 5.41) is 0.822. The lowest BCUT2D eigenvalue weighted by atomic mass is 10.1. The van der Waals surface area contributed by atoms with E-state index in [2.05, 4.69) is 9.27 Å². The van der Waals surface area contributed by atoms with E-state index in [4.69, 9.17) is 10.5 Å². The fourth-order valence-corrected chi connectivity index (χ4v) is 3.38. The number of hydrogen-bond acceptors (Lipinski definition) is 6. The van der Waals surface area contributed by atoms with Crippen molar-refractivity contribution < 1.29 is 9.53 Å². The summed E-state index contributed by atoms with van der Waals surface area (Å²) in [7, 11) is 1.99. The normalized spacial score (nSPS) is 15.7. The minimum absolute atomic E-state index is 0.275. The van der Waals surface area contributed by atoms with Gasteiger partial charge in [0, 0.05) is 13.6 Å². The van der Waals surface area contributed by atoms with Crippen molar-refractivity contribution in [3.05, 3.63) is 5.56 Å². The quantitative estimate of drug-likeness (QED) is 0.841. The molecule has 5 nitrogen and oxygen atoms in total. The summed E-state index contributed by atoms with van der Waals surface area (Å²) >= 11 is 1.27. The van der Waals surface area contributed by atoms with Crippen molar-refractivity contribution in [1.82, 2.24) is 4.37 Å². The number of nitrogen functional groups attached to an aromatic ring is 1. The fourth-order valence-electron chi connectivity index (χ4n) is 2.61. The molecule has 2 N–H and O–H groups in total. The van der Waals surface area contributed by atoms with Gasteiger partial charge >= 0.3 is 5.97 Å². The molecule has 0 spiro atoms. The van der Waals surface area contributed by atoms with Crippen LogP contribution in [-0.2, 0) is 4.74 Å². The third kappa shape index (κ3) is 3.18. The predicted octanol–water partition coefficient (Wildman–Crippen LogP) is 2.53. The number of nitrogens with zero attached hydrogens (tertiary/aromatic N) is 2. The van der Waals surface area contributed by atoms with E-state index in [0.29, 0.717) is 18.1 Å². The van der Waals surface area contributed by atoms with Crippen molar-refractivity contribution in [2.24, 2.45) is 5.92 Å². The van der Waals surface area contributed by atoms with Crippen LogP contribution in [0.25, 0.3) is 0 Å². The van der Waals surface area contributed by atoms with Gasteiger partial charge in [-0.25, -0.2) is 4.79 Å². The minimum Gasteiger partial charge on any atom is -0.462 e. The van der Waals surface area contributed by atoms with Gasteiger partial charge in [0.2, 0.25) is 0 Å². The first-order valence-electron chi connectivity index (χ1n) is 6.76. The van der Waals surface area contributed by atoms with Crippen LogP contribution < -0.4 is 10.6 Å². The van der Waals surface area contributed by atoms with Gasteiger partial charge in [0.15, 0.2) is 5.82 Å². The summed E-state index contributed by atoms with van der Waals surface area (Å²) in [6.45, 7) is 3.09. The molecular formula is C13H21N3O2S. The van der Waals surface area contributed by atoms with Gasteiger partial charge in [-0.1, -0.05) is 12.8 Å². The molecule has 1 saturated carbocycles. The topological polar surface area (TPSA) is 68.5 Å². The highest BCUT2D eigenvalue weighted by atomic mass is 32.1. The maximum Gasteiger partial charge on any atom is 0.345 e. The van der Waals surface area contributed by atoms with E-state index in [0.717, 1.165) is 11.5 Å². The van der Waals surface area contributed by atoms with Crippen LogP contribution in [0.1, 0.15) is 43.0 Å². The molecule has 1 aromatic heterocycles. The van der Waals surface area contributed by atoms with Crippen molar-refractivity contribution in [3.8, 4) is 0 Å². The van der Waals surface area contributed by atoms with Gasteiger partial charge in [0.1, 0.15) is 10.6 Å². The molecule has 0 unspecified atom stereocenters. The predicted molar refractivity (Wildman–Crippen MR) is 77.7 cm³/mol. The number of aromatic nitrogens is 1. The van der Waals surface area contributed by atoms with Crippen LogP contribution in [-0.4, -0.2) is 30.5 Å². The van der Waals surface area contributed by atoms with Crippen LogP contribution in [0.15, 0.2) is 0 Å². The molecule has 1 fully saturated rings. The molecule has 0 aliphatic heterocycles. The van der Waals surface area contributed by atoms with E-state index in [1.54, 1.807) is 6.92 Å². The van der Waals surface area contributed by atoms with Crippen molar-refractivity contribution in [2.75, 3.05) is 30.8 Å². The molecule has 6 heteroatoms. The third-order valence-corrected chi connectivity index (χ3v) is 4.51. The third-order valence-electron chi connectivity index (χ3n) is 3.53. The largest absolute Gasteiger partial charge is 0.462 e. The van der Waals surface area contributed by atoms with Crippen LogP contribution in [0, 0.1) is 5.92 Å². The number of carbonyl (C=O) groups is 1. The number of anilines is 2. The molecular weight excluding hydrogens is 262 g/mol. The molecule has 1 heterocycles. The summed E-state index contributed by atoms with van der Waals surface area (Å²) in [6, 6.07) is 0. The Labute approximate surface area is 117 Å². The zero-order valence-corrected chi connectivity index (χ0v) is 12.3. The van der Waals surface area contributed by atoms with Gasteiger partial charge in [0.25, 0.3) is 0 Å². The zero-order chi connectivity index (χ0) is 13.8. The van der Waals surface area contributed by atoms with Crippen molar-refractivity contribution >= 4 is 28.3 Å². The van der Waals surface area contributed by atoms with E-state index < -0.39 is 0 Å². The molecule has 1 aliphatic rings. The van der Waals surface area contributed by atoms with Crippen LogP contribution in [0.2, 0.25) is 0 Å². The van der Waals surface area contributed by atoms with E-state index in [1.165, 1.54) is 37.2 Å². The Morgan fingerprint density at radius 3 is 2.84 bits per heavy atom. The highest BCUT2D eigenvalue weighted by molar-refractivity contribution is 7.11. The number of rotatable bonds is 5. The van der Waals surface area contributed by atoms with Gasteiger partial charge in [-0.3, -0.25) is 0 Å². The van der Waals surface area contributed by atoms with Gasteiger partial charge < -0.3 is 15.4 Å². The Hall–Kier alpha value is -1.30. The number of nitrogens with two attached hydrogens (primary N) is 1. The molecule has 0 atom stereocenters. The first-order chi connectivity index (χ1) is 9.13. The van der Waals surface area contributed by atoms with Gasteiger partial charge in [0.05, 0.1) is 6.61 Å². The number of esters is 1. The first kappa shape index (κ1) is 14.1. The smallest absolute Gasteiger partial charge is 0.345 e. The summed E-state index contributed by atoms with van der Waals surface area (Å²) in [6.07, 6.45) is 5.17. The highest BCUT2D eigenvalue weighted by Gasteiger charge is 2.25. The van der Waals surface area contributed by atoms with Gasteiger partial charge in [-0.05, 0) is 37.2 Å². The highest BCUT2D eigenvalue weighted by Crippen LogP contribution is 2.33. The lowest BCUT2D eigenvalue weighted by Gasteiger charge is -2.21. The van der Waals surface area contributed by atoms with E-state index in [9.17, 15) is 4.79 Å². The van der Waals surface area contributed by atoms with Crippen molar-refractivity contribution in [3.63, 3.8) is 0 Å². The summed E-state index contributed by atoms with van der Waals surface area (Å²) < 4.78 is 9.14. The Kier molecular flexibility index (Phi) is 4.63. The molecule has 2 rings (SSSR count). The van der Waals surface area contributed by atoms with Crippen LogP contribution in [0.4, 0.5) is 10.8 Å². The average molecular weight is 283 g/mol. The van der Waals surface area contributed by atoms with Crippen molar-refractivity contribution in [1.29, 1.82) is 0 Å². The second kappa shape index (κ2) is 6.23. The maximum absolute atomic E-state index is 11.9. The first-order valence-corrected chi connectivity index (χ1v) is 7.54. The molecule has 0 amide bonds. The maximum atomic E-state index is 11.9. The lowest BCUT2D eigenvalue weighted by Crippen LogP contribution is -2.25. The van der Waals surface area contributed by atoms with E-state index >= 15 is 0 Å². The molecule has 106 valence electrons. The lowest BCUT2D eigenvalue weighted by molar-refractivity contribution is 0.0528. The summed E-state index contributed by atoms with van der Waals surface area (Å²) in [5.74, 6) is 0.613. The van der Waals surface area contributed by atoms with Gasteiger partial charge in [-0.15, -0.1) is 0 Å². The van der Waals surface area contributed by atoms with Gasteiger partial charge in [-0.2, -0.15) is 4.37 Å². The molecule has 1 aliphatic carbocycles. The monoisotopic (exact) mass is 283 g/mol. The molecule has 0 saturated heterocycles. The van der Waals surface area contributed by atoms with E-state index in [-0.39, 0.29) is 11.8 Å². The summed E-state index contributed by atoms with van der Waals surface area (Å²) in [5.41, 5.74) is 6.21. The van der Waals surface area contributed by atoms with E-state index in [1.807, 2.05) is 7.05 Å². The second-order valence-electron chi connectivity index (χ2n) is 5.00. The van der Waals surface area contributed by atoms with Crippen LogP contribution in [0.3, 0.4) is 0 Å². The Bertz CT molecular complexity index is 441. The number of carbonyl (C=O) groups excluding carboxylic acids is 1. The molecule has 0 bridgehead atoms.